The molecule has 0 aromatic rings. The third kappa shape index (κ3) is 5.09. The Morgan fingerprint density at radius 2 is 2.11 bits per heavy atom. The summed E-state index contributed by atoms with van der Waals surface area (Å²) in [6.07, 6.45) is 6.82. The maximum Gasteiger partial charge on any atom is 0.312 e. The quantitative estimate of drug-likeness (QED) is 0.153. The molecular weight excluding hydrogens is 516 g/mol. The molecule has 196 valence electrons. The number of fused-ring (bicyclic) bond motifs is 1. The number of amides is 2. The third-order valence-corrected chi connectivity index (χ3v) is 8.34. The van der Waals surface area contributed by atoms with Crippen molar-refractivity contribution in [1.82, 2.24) is 9.80 Å². The highest BCUT2D eigenvalue weighted by molar-refractivity contribution is 9.09. The number of carbonyl (C=O) groups excluding carboxylic acids is 3. The van der Waals surface area contributed by atoms with E-state index in [-0.39, 0.29) is 42.4 Å². The van der Waals surface area contributed by atoms with E-state index in [9.17, 15) is 19.5 Å². The Labute approximate surface area is 216 Å². The molecule has 0 saturated carbocycles. The molecule has 3 aliphatic heterocycles. The molecule has 3 fully saturated rings. The Bertz CT molecular complexity index is 822. The molecule has 0 radical (unpaired) electrons. The Morgan fingerprint density at radius 3 is 2.74 bits per heavy atom. The standard InChI is InChI=1S/C26H39BrN2O6/c1-5-8-9-15-34-25(33)19-20-23(31)29(13-10-14-30)22(26(20)16-18(27)21(19)35-26)24(32)28(12-7-3)17(4)11-6-2/h5,7,17-22,30H,1,3,6,8-16H2,2,4H3/t17?,18?,19-,20-,21-,22?,26?/m0/s1. The number of aliphatic hydroxyl groups excluding tert-OH is 1. The lowest BCUT2D eigenvalue weighted by Gasteiger charge is -2.39. The summed E-state index contributed by atoms with van der Waals surface area (Å²) in [5.41, 5.74) is -1.11. The van der Waals surface area contributed by atoms with E-state index < -0.39 is 35.6 Å². The van der Waals surface area contributed by atoms with Gasteiger partial charge in [-0.15, -0.1) is 13.2 Å². The highest BCUT2D eigenvalue weighted by Crippen LogP contribution is 2.60. The predicted octanol–water partition coefficient (Wildman–Crippen LogP) is 2.83. The van der Waals surface area contributed by atoms with Crippen molar-refractivity contribution in [3.63, 3.8) is 0 Å². The highest BCUT2D eigenvalue weighted by atomic mass is 79.9. The maximum absolute atomic E-state index is 14.1. The molecule has 3 saturated heterocycles. The second-order valence-corrected chi connectivity index (χ2v) is 11.0. The van der Waals surface area contributed by atoms with Crippen molar-refractivity contribution in [3.8, 4) is 0 Å². The van der Waals surface area contributed by atoms with E-state index in [0.717, 1.165) is 19.3 Å². The van der Waals surface area contributed by atoms with E-state index in [2.05, 4.69) is 36.0 Å². The third-order valence-electron chi connectivity index (χ3n) is 7.50. The monoisotopic (exact) mass is 554 g/mol. The minimum absolute atomic E-state index is 0.0419. The first-order chi connectivity index (χ1) is 16.8. The number of likely N-dealkylation sites (tertiary alicyclic amines) is 1. The molecule has 2 amide bonds. The van der Waals surface area contributed by atoms with Crippen LogP contribution in [0.3, 0.4) is 0 Å². The van der Waals surface area contributed by atoms with E-state index in [1.807, 2.05) is 6.92 Å². The van der Waals surface area contributed by atoms with Gasteiger partial charge in [0.1, 0.15) is 11.6 Å². The van der Waals surface area contributed by atoms with E-state index in [1.165, 1.54) is 4.90 Å². The molecule has 35 heavy (non-hydrogen) atoms. The van der Waals surface area contributed by atoms with Gasteiger partial charge in [0.15, 0.2) is 0 Å². The van der Waals surface area contributed by atoms with Crippen molar-refractivity contribution in [2.75, 3.05) is 26.3 Å². The van der Waals surface area contributed by atoms with Crippen LogP contribution in [-0.4, -0.2) is 87.6 Å². The zero-order chi connectivity index (χ0) is 25.8. The Morgan fingerprint density at radius 1 is 1.37 bits per heavy atom. The lowest BCUT2D eigenvalue weighted by molar-refractivity contribution is -0.155. The molecular formula is C26H39BrN2O6. The Balaban J connectivity index is 1.97. The van der Waals surface area contributed by atoms with Crippen LogP contribution >= 0.6 is 15.9 Å². The average Bonchev–Trinajstić information content (AvgIpc) is 3.41. The van der Waals surface area contributed by atoms with Gasteiger partial charge in [0.05, 0.1) is 24.5 Å². The number of halogens is 1. The van der Waals surface area contributed by atoms with Gasteiger partial charge in [-0.1, -0.05) is 41.4 Å². The molecule has 3 rings (SSSR count). The summed E-state index contributed by atoms with van der Waals surface area (Å²) in [6, 6.07) is -0.908. The number of nitrogens with zero attached hydrogens (tertiary/aromatic N) is 2. The van der Waals surface area contributed by atoms with Crippen molar-refractivity contribution in [2.24, 2.45) is 11.8 Å². The molecule has 3 aliphatic rings. The van der Waals surface area contributed by atoms with Crippen LogP contribution in [-0.2, 0) is 23.9 Å². The summed E-state index contributed by atoms with van der Waals surface area (Å²) in [5, 5.41) is 9.48. The molecule has 2 bridgehead atoms. The second-order valence-electron chi connectivity index (χ2n) is 9.79. The molecule has 3 heterocycles. The number of allylic oxidation sites excluding steroid dienone is 1. The number of alkyl halides is 1. The van der Waals surface area contributed by atoms with Gasteiger partial charge >= 0.3 is 5.97 Å². The minimum atomic E-state index is -1.11. The fraction of sp³-hybridized carbons (Fsp3) is 0.731. The first kappa shape index (κ1) is 27.9. The SMILES string of the molecule is C=CCCCOC(=O)[C@H]1[C@H]2C(=O)N(CCCO)C(C(=O)N(CC=C)C(C)CCC)C23CC(Br)[C@@H]1O3. The molecule has 7 atom stereocenters. The van der Waals surface area contributed by atoms with Gasteiger partial charge in [0, 0.05) is 30.6 Å². The van der Waals surface area contributed by atoms with Crippen LogP contribution < -0.4 is 0 Å². The molecule has 1 spiro atoms. The van der Waals surface area contributed by atoms with E-state index in [4.69, 9.17) is 9.47 Å². The number of carbonyl (C=O) groups is 3. The number of ether oxygens (including phenoxy) is 2. The van der Waals surface area contributed by atoms with Crippen LogP contribution in [0.1, 0.15) is 52.4 Å². The van der Waals surface area contributed by atoms with Gasteiger partial charge in [0.25, 0.3) is 0 Å². The fourth-order valence-corrected chi connectivity index (χ4v) is 6.96. The highest BCUT2D eigenvalue weighted by Gasteiger charge is 2.77. The summed E-state index contributed by atoms with van der Waals surface area (Å²) >= 11 is 3.66. The summed E-state index contributed by atoms with van der Waals surface area (Å²) in [6.45, 7) is 12.3. The summed E-state index contributed by atoms with van der Waals surface area (Å²) in [5.74, 6) is -2.48. The fourth-order valence-electron chi connectivity index (χ4n) is 6.01. The first-order valence-electron chi connectivity index (χ1n) is 12.7. The second kappa shape index (κ2) is 12.0. The Kier molecular flexibility index (Phi) is 9.57. The molecule has 0 aliphatic carbocycles. The van der Waals surface area contributed by atoms with Crippen LogP contribution in [0.25, 0.3) is 0 Å². The van der Waals surface area contributed by atoms with Gasteiger partial charge < -0.3 is 24.4 Å². The van der Waals surface area contributed by atoms with E-state index in [1.54, 1.807) is 17.1 Å². The number of rotatable bonds is 14. The molecule has 1 N–H and O–H groups in total. The van der Waals surface area contributed by atoms with Crippen LogP contribution in [0.5, 0.6) is 0 Å². The smallest absolute Gasteiger partial charge is 0.312 e. The van der Waals surface area contributed by atoms with Crippen molar-refractivity contribution in [3.05, 3.63) is 25.3 Å². The van der Waals surface area contributed by atoms with Crippen LogP contribution in [0.15, 0.2) is 25.3 Å². The largest absolute Gasteiger partial charge is 0.465 e. The normalized spacial score (nSPS) is 31.8. The molecule has 9 heteroatoms. The minimum Gasteiger partial charge on any atom is -0.465 e. The maximum atomic E-state index is 14.1. The average molecular weight is 556 g/mol. The number of unbranched alkanes of at least 4 members (excludes halogenated alkanes) is 1. The first-order valence-corrected chi connectivity index (χ1v) is 13.6. The zero-order valence-corrected chi connectivity index (χ0v) is 22.5. The van der Waals surface area contributed by atoms with E-state index >= 15 is 0 Å². The van der Waals surface area contributed by atoms with Crippen molar-refractivity contribution in [2.45, 2.75) is 81.0 Å². The Hall–Kier alpha value is -1.71. The number of aliphatic hydroxyl groups is 1. The number of hydrogen-bond donors (Lipinski definition) is 1. The molecule has 8 nitrogen and oxygen atoms in total. The van der Waals surface area contributed by atoms with Gasteiger partial charge in [-0.2, -0.15) is 0 Å². The molecule has 0 aromatic carbocycles. The summed E-state index contributed by atoms with van der Waals surface area (Å²) in [4.78, 5) is 44.2. The van der Waals surface area contributed by atoms with Crippen LogP contribution in [0.2, 0.25) is 0 Å². The number of hydrogen-bond acceptors (Lipinski definition) is 6. The lowest BCUT2D eigenvalue weighted by atomic mass is 9.70. The zero-order valence-electron chi connectivity index (χ0n) is 20.9. The van der Waals surface area contributed by atoms with Crippen LogP contribution in [0.4, 0.5) is 0 Å². The lowest BCUT2D eigenvalue weighted by Crippen LogP contribution is -2.58. The molecule has 0 aromatic heterocycles. The van der Waals surface area contributed by atoms with Crippen LogP contribution in [0, 0.1) is 11.8 Å². The van der Waals surface area contributed by atoms with Crippen molar-refractivity contribution < 1.29 is 29.0 Å². The van der Waals surface area contributed by atoms with Crippen molar-refractivity contribution >= 4 is 33.7 Å². The van der Waals surface area contributed by atoms with Gasteiger partial charge in [-0.05, 0) is 39.0 Å². The van der Waals surface area contributed by atoms with Gasteiger partial charge in [0.2, 0.25) is 11.8 Å². The summed E-state index contributed by atoms with van der Waals surface area (Å²) in [7, 11) is 0. The predicted molar refractivity (Wildman–Crippen MR) is 136 cm³/mol. The molecule has 4 unspecified atom stereocenters. The van der Waals surface area contributed by atoms with Gasteiger partial charge in [-0.25, -0.2) is 0 Å². The van der Waals surface area contributed by atoms with Gasteiger partial charge in [-0.3, -0.25) is 14.4 Å². The number of esters is 1. The van der Waals surface area contributed by atoms with E-state index in [0.29, 0.717) is 25.8 Å². The van der Waals surface area contributed by atoms with Crippen molar-refractivity contribution in [1.29, 1.82) is 0 Å². The topological polar surface area (TPSA) is 96.4 Å². The summed E-state index contributed by atoms with van der Waals surface area (Å²) < 4.78 is 12.0.